The first kappa shape index (κ1) is 17.7. The van der Waals surface area contributed by atoms with Crippen LogP contribution >= 0.6 is 0 Å². The van der Waals surface area contributed by atoms with Crippen LogP contribution in [-0.4, -0.2) is 35.4 Å². The van der Waals surface area contributed by atoms with Crippen LogP contribution in [0.4, 0.5) is 4.39 Å². The van der Waals surface area contributed by atoms with Crippen LogP contribution in [0.15, 0.2) is 33.6 Å². The van der Waals surface area contributed by atoms with Crippen molar-refractivity contribution in [2.45, 2.75) is 42.7 Å². The number of aliphatic imine (C=N–C) groups is 1. The first-order chi connectivity index (χ1) is 12.2. The normalized spacial score (nSPS) is 35.3. The van der Waals surface area contributed by atoms with E-state index in [9.17, 15) is 17.0 Å². The number of hydrogen-bond donors (Lipinski definition) is 2. The number of ether oxygens (including phenoxy) is 1. The topological polar surface area (TPSA) is 123 Å². The molecule has 4 atom stereocenters. The van der Waals surface area contributed by atoms with Gasteiger partial charge in [0.15, 0.2) is 9.92 Å². The highest BCUT2D eigenvalue weighted by molar-refractivity contribution is 7.98. The Morgan fingerprint density at radius 2 is 2.15 bits per heavy atom. The van der Waals surface area contributed by atoms with Gasteiger partial charge in [-0.05, 0) is 43.4 Å². The Hall–Kier alpha value is -1.72. The third-order valence-corrected chi connectivity index (χ3v) is 8.04. The number of sulfonamides is 1. The molecule has 2 heterocycles. The Morgan fingerprint density at radius 3 is 2.85 bits per heavy atom. The number of hydrogen-bond acceptors (Lipinski definition) is 6. The summed E-state index contributed by atoms with van der Waals surface area (Å²) in [5.41, 5.74) is 0.460. The fourth-order valence-corrected chi connectivity index (χ4v) is 6.59. The molecule has 0 amide bonds. The van der Waals surface area contributed by atoms with Crippen molar-refractivity contribution in [3.8, 4) is 0 Å². The second-order valence-corrected chi connectivity index (χ2v) is 10.6. The molecule has 8 nitrogen and oxygen atoms in total. The van der Waals surface area contributed by atoms with Gasteiger partial charge in [0.25, 0.3) is 6.02 Å². The Kier molecular flexibility index (Phi) is 4.01. The predicted molar refractivity (Wildman–Crippen MR) is 94.3 cm³/mol. The van der Waals surface area contributed by atoms with Gasteiger partial charge in [0.2, 0.25) is 14.9 Å². The molecular weight excluding hydrogens is 383 g/mol. The Bertz CT molecular complexity index is 985. The molecule has 3 aliphatic rings. The molecule has 1 aromatic carbocycles. The lowest BCUT2D eigenvalue weighted by molar-refractivity contribution is 0.105. The molecule has 1 aliphatic carbocycles. The molecule has 1 spiro atoms. The van der Waals surface area contributed by atoms with Crippen LogP contribution in [0.1, 0.15) is 37.3 Å². The standard InChI is InChI=1S/C15H19FN4O4S2/c16-11-6-4-10(5-7-11)12(9-25(17,21)22)18-14-19-26(23)15(20-26)8-2-1-3-13(15)24-14/h4-7,12-13H,1-3,8-9H2,(H2,17,21,22)(H,18,19,20,23)/t12?,13-,15+,26?/m0/s1. The first-order valence-electron chi connectivity index (χ1n) is 8.27. The van der Waals surface area contributed by atoms with Gasteiger partial charge in [-0.2, -0.15) is 4.36 Å². The van der Waals surface area contributed by atoms with Crippen LogP contribution in [0.2, 0.25) is 0 Å². The van der Waals surface area contributed by atoms with E-state index < -0.39 is 42.4 Å². The zero-order chi connectivity index (χ0) is 18.6. The summed E-state index contributed by atoms with van der Waals surface area (Å²) in [7, 11) is -6.49. The molecule has 0 aromatic heterocycles. The Labute approximate surface area is 151 Å². The quantitative estimate of drug-likeness (QED) is 0.784. The van der Waals surface area contributed by atoms with Gasteiger partial charge in [0.05, 0.1) is 11.8 Å². The molecule has 1 aromatic rings. The fraction of sp³-hybridized carbons (Fsp3) is 0.533. The van der Waals surface area contributed by atoms with E-state index in [0.717, 1.165) is 19.3 Å². The summed E-state index contributed by atoms with van der Waals surface area (Å²) in [4.78, 5) is 3.62. The number of nitrogens with two attached hydrogens (primary N) is 1. The van der Waals surface area contributed by atoms with Crippen LogP contribution in [0.5, 0.6) is 0 Å². The van der Waals surface area contributed by atoms with E-state index in [1.165, 1.54) is 24.3 Å². The van der Waals surface area contributed by atoms with E-state index in [-0.39, 0.29) is 12.1 Å². The van der Waals surface area contributed by atoms with Gasteiger partial charge in [-0.3, -0.25) is 4.72 Å². The van der Waals surface area contributed by atoms with Crippen LogP contribution in [-0.2, 0) is 24.7 Å². The molecule has 142 valence electrons. The van der Waals surface area contributed by atoms with E-state index in [1.54, 1.807) is 0 Å². The summed E-state index contributed by atoms with van der Waals surface area (Å²) in [5.74, 6) is -0.934. The molecule has 2 fully saturated rings. The number of primary sulfonamides is 1. The van der Waals surface area contributed by atoms with Crippen LogP contribution in [0.25, 0.3) is 0 Å². The number of halogens is 1. The van der Waals surface area contributed by atoms with Gasteiger partial charge in [-0.15, -0.1) is 0 Å². The van der Waals surface area contributed by atoms with Crippen molar-refractivity contribution >= 4 is 26.0 Å². The summed E-state index contributed by atoms with van der Waals surface area (Å²) in [6.45, 7) is 0. The lowest BCUT2D eigenvalue weighted by atomic mass is 9.92. The van der Waals surface area contributed by atoms with Crippen molar-refractivity contribution in [1.29, 1.82) is 0 Å². The molecule has 0 bridgehead atoms. The lowest BCUT2D eigenvalue weighted by Gasteiger charge is -2.34. The second kappa shape index (κ2) is 5.89. The maximum absolute atomic E-state index is 13.2. The van der Waals surface area contributed by atoms with E-state index in [4.69, 9.17) is 9.88 Å². The number of nitrogens with one attached hydrogen (secondary N) is 1. The Morgan fingerprint density at radius 1 is 1.42 bits per heavy atom. The van der Waals surface area contributed by atoms with Crippen molar-refractivity contribution in [3.63, 3.8) is 0 Å². The third-order valence-electron chi connectivity index (χ3n) is 4.88. The van der Waals surface area contributed by atoms with Crippen molar-refractivity contribution < 1.29 is 21.8 Å². The minimum absolute atomic E-state index is 0.00301. The number of nitrogens with zero attached hydrogens (tertiary/aromatic N) is 2. The predicted octanol–water partition coefficient (Wildman–Crippen LogP) is 1.17. The maximum atomic E-state index is 13.2. The Balaban J connectivity index is 1.65. The SMILES string of the molecule is NS(=O)(=O)CC(N=C1NS2(=O)=N[C@]23CCCC[C@@H]3O1)c1ccc(F)cc1. The van der Waals surface area contributed by atoms with Gasteiger partial charge < -0.3 is 4.74 Å². The van der Waals surface area contributed by atoms with Gasteiger partial charge in [-0.1, -0.05) is 12.1 Å². The molecule has 0 radical (unpaired) electrons. The summed E-state index contributed by atoms with van der Waals surface area (Å²) in [5, 5.41) is 5.17. The second-order valence-electron chi connectivity index (χ2n) is 6.75. The van der Waals surface area contributed by atoms with E-state index in [1.807, 2.05) is 0 Å². The highest BCUT2D eigenvalue weighted by atomic mass is 32.2. The van der Waals surface area contributed by atoms with Gasteiger partial charge in [-0.25, -0.2) is 27.1 Å². The molecule has 1 saturated heterocycles. The average Bonchev–Trinajstić information content (AvgIpc) is 3.15. The fourth-order valence-electron chi connectivity index (χ4n) is 3.57. The number of benzene rings is 1. The molecule has 1 saturated carbocycles. The zero-order valence-corrected chi connectivity index (χ0v) is 15.4. The minimum Gasteiger partial charge on any atom is -0.458 e. The molecule has 26 heavy (non-hydrogen) atoms. The van der Waals surface area contributed by atoms with Gasteiger partial charge in [0, 0.05) is 0 Å². The summed E-state index contributed by atoms with van der Waals surface area (Å²) in [6.07, 6.45) is 2.99. The largest absolute Gasteiger partial charge is 0.458 e. The maximum Gasteiger partial charge on any atom is 0.298 e. The molecular formula is C15H19FN4O4S2. The molecule has 2 aliphatic heterocycles. The summed E-state index contributed by atoms with van der Waals surface area (Å²) >= 11 is 0. The van der Waals surface area contributed by atoms with Gasteiger partial charge in [0.1, 0.15) is 11.9 Å². The molecule has 4 rings (SSSR count). The lowest BCUT2D eigenvalue weighted by Crippen LogP contribution is -2.52. The monoisotopic (exact) mass is 402 g/mol. The molecule has 2 unspecified atom stereocenters. The van der Waals surface area contributed by atoms with Gasteiger partial charge >= 0.3 is 0 Å². The minimum atomic E-state index is -3.85. The summed E-state index contributed by atoms with van der Waals surface area (Å²) < 4.78 is 62.1. The van der Waals surface area contributed by atoms with E-state index >= 15 is 0 Å². The third kappa shape index (κ3) is 3.08. The van der Waals surface area contributed by atoms with Crippen molar-refractivity contribution in [2.75, 3.05) is 5.75 Å². The average molecular weight is 402 g/mol. The highest BCUT2D eigenvalue weighted by Gasteiger charge is 2.65. The van der Waals surface area contributed by atoms with Crippen LogP contribution in [0, 0.1) is 5.82 Å². The van der Waals surface area contributed by atoms with E-state index in [0.29, 0.717) is 12.0 Å². The highest BCUT2D eigenvalue weighted by Crippen LogP contribution is 2.51. The van der Waals surface area contributed by atoms with E-state index in [2.05, 4.69) is 14.1 Å². The molecule has 3 N–H and O–H groups in total. The smallest absolute Gasteiger partial charge is 0.298 e. The zero-order valence-electron chi connectivity index (χ0n) is 13.8. The van der Waals surface area contributed by atoms with Crippen molar-refractivity contribution in [1.82, 2.24) is 4.72 Å². The molecule has 11 heteroatoms. The first-order valence-corrected chi connectivity index (χ1v) is 11.5. The number of amidine groups is 1. The number of rotatable bonds is 4. The van der Waals surface area contributed by atoms with Crippen molar-refractivity contribution in [3.05, 3.63) is 35.6 Å². The van der Waals surface area contributed by atoms with Crippen LogP contribution in [0.3, 0.4) is 0 Å². The summed E-state index contributed by atoms with van der Waals surface area (Å²) in [6, 6.07) is 4.38. The van der Waals surface area contributed by atoms with Crippen molar-refractivity contribution in [2.24, 2.45) is 14.5 Å². The van der Waals surface area contributed by atoms with Crippen LogP contribution < -0.4 is 9.86 Å².